The lowest BCUT2D eigenvalue weighted by molar-refractivity contribution is 0.683. The zero-order valence-electron chi connectivity index (χ0n) is 4.09. The van der Waals surface area contributed by atoms with Crippen LogP contribution in [0.2, 0.25) is 0 Å². The van der Waals surface area contributed by atoms with E-state index in [1.807, 2.05) is 6.08 Å². The van der Waals surface area contributed by atoms with Crippen LogP contribution in [0.1, 0.15) is 6.42 Å². The van der Waals surface area contributed by atoms with Crippen molar-refractivity contribution >= 4 is 10.8 Å². The van der Waals surface area contributed by atoms with Gasteiger partial charge in [0.15, 0.2) is 0 Å². The van der Waals surface area contributed by atoms with E-state index in [0.717, 1.165) is 17.9 Å². The second kappa shape index (κ2) is 2.26. The van der Waals surface area contributed by atoms with Crippen LogP contribution in [0.15, 0.2) is 12.2 Å². The minimum Gasteiger partial charge on any atom is -0.259 e. The van der Waals surface area contributed by atoms with Crippen molar-refractivity contribution in [1.29, 1.82) is 0 Å². The molecule has 1 rings (SSSR count). The third-order valence-electron chi connectivity index (χ3n) is 0.961. The van der Waals surface area contributed by atoms with Crippen LogP contribution in [0.25, 0.3) is 0 Å². The molecule has 0 aliphatic carbocycles. The molecule has 0 aromatic carbocycles. The fourth-order valence-electron chi connectivity index (χ4n) is 0.576. The van der Waals surface area contributed by atoms with Crippen LogP contribution in [-0.4, -0.2) is 15.7 Å². The predicted octanol–water partition coefficient (Wildman–Crippen LogP) is 0.695. The van der Waals surface area contributed by atoms with Gasteiger partial charge < -0.3 is 0 Å². The fraction of sp³-hybridized carbons (Fsp3) is 0.600. The van der Waals surface area contributed by atoms with Gasteiger partial charge in [-0.3, -0.25) is 4.21 Å². The molecular formula is C5H8OS. The highest BCUT2D eigenvalue weighted by atomic mass is 32.2. The molecular weight excluding hydrogens is 108 g/mol. The lowest BCUT2D eigenvalue weighted by Crippen LogP contribution is -2.03. The molecule has 0 aromatic rings. The highest BCUT2D eigenvalue weighted by molar-refractivity contribution is 7.85. The van der Waals surface area contributed by atoms with Gasteiger partial charge in [0.1, 0.15) is 0 Å². The van der Waals surface area contributed by atoms with Crippen LogP contribution in [-0.2, 0) is 10.8 Å². The van der Waals surface area contributed by atoms with E-state index in [2.05, 4.69) is 6.08 Å². The van der Waals surface area contributed by atoms with Crippen molar-refractivity contribution in [2.24, 2.45) is 0 Å². The van der Waals surface area contributed by atoms with Crippen molar-refractivity contribution in [3.05, 3.63) is 12.2 Å². The van der Waals surface area contributed by atoms with Crippen LogP contribution < -0.4 is 0 Å². The van der Waals surface area contributed by atoms with Crippen molar-refractivity contribution in [3.8, 4) is 0 Å². The van der Waals surface area contributed by atoms with Gasteiger partial charge in [0.25, 0.3) is 0 Å². The van der Waals surface area contributed by atoms with Gasteiger partial charge in [-0.1, -0.05) is 12.2 Å². The average molecular weight is 116 g/mol. The van der Waals surface area contributed by atoms with Crippen LogP contribution in [0.5, 0.6) is 0 Å². The third-order valence-corrected chi connectivity index (χ3v) is 2.22. The molecule has 0 bridgehead atoms. The maximum atomic E-state index is 10.5. The summed E-state index contributed by atoms with van der Waals surface area (Å²) < 4.78 is 10.5. The normalized spacial score (nSPS) is 30.6. The molecule has 0 aromatic heterocycles. The Balaban J connectivity index is 2.47. The van der Waals surface area contributed by atoms with Crippen LogP contribution in [0, 0.1) is 0 Å². The minimum atomic E-state index is -0.527. The lowest BCUT2D eigenvalue weighted by atomic mass is 10.4. The Labute approximate surface area is 45.9 Å². The van der Waals surface area contributed by atoms with Crippen molar-refractivity contribution < 1.29 is 4.21 Å². The van der Waals surface area contributed by atoms with E-state index >= 15 is 0 Å². The standard InChI is InChI=1S/C5H8OS/c6-7-4-2-1-3-5-7/h1-2H,3-5H2. The summed E-state index contributed by atoms with van der Waals surface area (Å²) >= 11 is 0. The first-order valence-corrected chi connectivity index (χ1v) is 3.88. The molecule has 0 radical (unpaired) electrons. The van der Waals surface area contributed by atoms with E-state index in [1.54, 1.807) is 0 Å². The molecule has 2 heteroatoms. The van der Waals surface area contributed by atoms with Gasteiger partial charge in [-0.15, -0.1) is 0 Å². The van der Waals surface area contributed by atoms with E-state index < -0.39 is 10.8 Å². The molecule has 7 heavy (non-hydrogen) atoms. The first-order valence-electron chi connectivity index (χ1n) is 2.39. The Morgan fingerprint density at radius 1 is 1.43 bits per heavy atom. The van der Waals surface area contributed by atoms with Gasteiger partial charge in [0.05, 0.1) is 0 Å². The Hall–Kier alpha value is -0.110. The number of rotatable bonds is 0. The zero-order valence-corrected chi connectivity index (χ0v) is 4.91. The average Bonchev–Trinajstić information content (AvgIpc) is 1.69. The van der Waals surface area contributed by atoms with Crippen LogP contribution in [0.3, 0.4) is 0 Å². The van der Waals surface area contributed by atoms with E-state index in [-0.39, 0.29) is 0 Å². The summed E-state index contributed by atoms with van der Waals surface area (Å²) in [6.45, 7) is 0. The Kier molecular flexibility index (Phi) is 1.63. The smallest absolute Gasteiger partial charge is 0.0415 e. The fourth-order valence-corrected chi connectivity index (χ4v) is 1.49. The highest BCUT2D eigenvalue weighted by Crippen LogP contribution is 1.96. The van der Waals surface area contributed by atoms with E-state index in [9.17, 15) is 4.21 Å². The maximum Gasteiger partial charge on any atom is 0.0415 e. The largest absolute Gasteiger partial charge is 0.259 e. The van der Waals surface area contributed by atoms with Gasteiger partial charge in [0, 0.05) is 22.3 Å². The van der Waals surface area contributed by atoms with Crippen molar-refractivity contribution in [1.82, 2.24) is 0 Å². The lowest BCUT2D eigenvalue weighted by Gasteiger charge is -1.99. The molecule has 0 fully saturated rings. The monoisotopic (exact) mass is 116 g/mol. The molecule has 0 saturated heterocycles. The van der Waals surface area contributed by atoms with Crippen molar-refractivity contribution in [3.63, 3.8) is 0 Å². The molecule has 1 aliphatic rings. The topological polar surface area (TPSA) is 17.1 Å². The summed E-state index contributed by atoms with van der Waals surface area (Å²) in [6.07, 6.45) is 5.08. The van der Waals surface area contributed by atoms with Crippen molar-refractivity contribution in [2.45, 2.75) is 6.42 Å². The summed E-state index contributed by atoms with van der Waals surface area (Å²) in [5.74, 6) is 1.65. The Morgan fingerprint density at radius 2 is 2.29 bits per heavy atom. The van der Waals surface area contributed by atoms with E-state index in [1.165, 1.54) is 0 Å². The molecule has 40 valence electrons. The molecule has 1 unspecified atom stereocenters. The van der Waals surface area contributed by atoms with E-state index in [4.69, 9.17) is 0 Å². The number of hydrogen-bond donors (Lipinski definition) is 0. The zero-order chi connectivity index (χ0) is 5.11. The summed E-state index contributed by atoms with van der Waals surface area (Å²) in [5, 5.41) is 0. The third kappa shape index (κ3) is 1.43. The summed E-state index contributed by atoms with van der Waals surface area (Å²) in [5.41, 5.74) is 0. The SMILES string of the molecule is O=S1CC=CCC1. The number of allylic oxidation sites excluding steroid dienone is 1. The second-order valence-electron chi connectivity index (χ2n) is 1.57. The molecule has 1 atom stereocenters. The van der Waals surface area contributed by atoms with Crippen molar-refractivity contribution in [2.75, 3.05) is 11.5 Å². The summed E-state index contributed by atoms with van der Waals surface area (Å²) in [7, 11) is -0.527. The molecule has 0 spiro atoms. The van der Waals surface area contributed by atoms with Gasteiger partial charge in [-0.2, -0.15) is 0 Å². The second-order valence-corrected chi connectivity index (χ2v) is 3.19. The van der Waals surface area contributed by atoms with Gasteiger partial charge in [-0.05, 0) is 6.42 Å². The quantitative estimate of drug-likeness (QED) is 0.426. The molecule has 0 N–H and O–H groups in total. The maximum absolute atomic E-state index is 10.5. The minimum absolute atomic E-state index is 0.527. The van der Waals surface area contributed by atoms with Gasteiger partial charge in [0.2, 0.25) is 0 Å². The van der Waals surface area contributed by atoms with E-state index in [0.29, 0.717) is 0 Å². The molecule has 1 heterocycles. The number of hydrogen-bond acceptors (Lipinski definition) is 1. The van der Waals surface area contributed by atoms with Crippen LogP contribution in [0.4, 0.5) is 0 Å². The Bertz CT molecular complexity index is 107. The summed E-state index contributed by atoms with van der Waals surface area (Å²) in [6, 6.07) is 0. The summed E-state index contributed by atoms with van der Waals surface area (Å²) in [4.78, 5) is 0. The van der Waals surface area contributed by atoms with Crippen LogP contribution >= 0.6 is 0 Å². The molecule has 1 aliphatic heterocycles. The highest BCUT2D eigenvalue weighted by Gasteiger charge is 1.97. The van der Waals surface area contributed by atoms with Gasteiger partial charge >= 0.3 is 0 Å². The molecule has 1 nitrogen and oxygen atoms in total. The first kappa shape index (κ1) is 5.04. The predicted molar refractivity (Wildman–Crippen MR) is 31.6 cm³/mol. The first-order chi connectivity index (χ1) is 3.39. The molecule has 0 amide bonds. The van der Waals surface area contributed by atoms with Gasteiger partial charge in [-0.25, -0.2) is 0 Å². The Morgan fingerprint density at radius 3 is 2.57 bits per heavy atom. The molecule has 0 saturated carbocycles.